The van der Waals surface area contributed by atoms with Crippen LogP contribution in [0.1, 0.15) is 25.1 Å². The van der Waals surface area contributed by atoms with Crippen LogP contribution in [0.2, 0.25) is 10.0 Å². The first-order valence-electron chi connectivity index (χ1n) is 7.64. The molecule has 1 saturated carbocycles. The van der Waals surface area contributed by atoms with Gasteiger partial charge in [-0.3, -0.25) is 0 Å². The van der Waals surface area contributed by atoms with Crippen LogP contribution in [0, 0.1) is 0 Å². The SMILES string of the molecule is NC1(c2noc(-c3ccc(Oc4cccc(Cl)c4Cl)nn3)n2)CCC1. The summed E-state index contributed by atoms with van der Waals surface area (Å²) in [5.41, 5.74) is 6.14. The lowest BCUT2D eigenvalue weighted by Gasteiger charge is -2.34. The molecule has 1 aliphatic rings. The largest absolute Gasteiger partial charge is 0.436 e. The quantitative estimate of drug-likeness (QED) is 0.733. The van der Waals surface area contributed by atoms with E-state index in [1.807, 2.05) is 0 Å². The van der Waals surface area contributed by atoms with Gasteiger partial charge in [-0.15, -0.1) is 10.2 Å². The second kappa shape index (κ2) is 6.25. The fourth-order valence-corrected chi connectivity index (χ4v) is 2.81. The number of aromatic nitrogens is 4. The van der Waals surface area contributed by atoms with Gasteiger partial charge >= 0.3 is 0 Å². The number of nitrogens with two attached hydrogens (primary N) is 1. The molecule has 2 heterocycles. The van der Waals surface area contributed by atoms with Gasteiger partial charge in [0, 0.05) is 6.07 Å². The van der Waals surface area contributed by atoms with Gasteiger partial charge in [-0.05, 0) is 37.5 Å². The molecule has 0 amide bonds. The number of hydrogen-bond acceptors (Lipinski definition) is 7. The van der Waals surface area contributed by atoms with E-state index in [1.54, 1.807) is 30.3 Å². The maximum absolute atomic E-state index is 6.19. The van der Waals surface area contributed by atoms with Gasteiger partial charge in [0.2, 0.25) is 5.88 Å². The van der Waals surface area contributed by atoms with Gasteiger partial charge in [-0.1, -0.05) is 34.4 Å². The first-order valence-corrected chi connectivity index (χ1v) is 8.40. The third-order valence-electron chi connectivity index (χ3n) is 4.11. The number of halogens is 2. The minimum atomic E-state index is -0.485. The highest BCUT2D eigenvalue weighted by Gasteiger charge is 2.39. The molecule has 0 saturated heterocycles. The van der Waals surface area contributed by atoms with Crippen LogP contribution in [0.4, 0.5) is 0 Å². The van der Waals surface area contributed by atoms with Crippen LogP contribution in [0.25, 0.3) is 11.6 Å². The number of ether oxygens (including phenoxy) is 1. The normalized spacial score (nSPS) is 15.6. The van der Waals surface area contributed by atoms with Gasteiger partial charge in [0.25, 0.3) is 5.89 Å². The Kier molecular flexibility index (Phi) is 4.07. The zero-order valence-electron chi connectivity index (χ0n) is 12.9. The van der Waals surface area contributed by atoms with E-state index in [-0.39, 0.29) is 11.8 Å². The van der Waals surface area contributed by atoms with E-state index in [0.29, 0.717) is 27.3 Å². The van der Waals surface area contributed by atoms with Crippen molar-refractivity contribution in [1.29, 1.82) is 0 Å². The molecule has 2 N–H and O–H groups in total. The van der Waals surface area contributed by atoms with Crippen molar-refractivity contribution in [3.05, 3.63) is 46.2 Å². The highest BCUT2D eigenvalue weighted by Crippen LogP contribution is 2.37. The van der Waals surface area contributed by atoms with Gasteiger partial charge in [-0.2, -0.15) is 4.98 Å². The summed E-state index contributed by atoms with van der Waals surface area (Å²) in [5, 5.41) is 12.7. The fourth-order valence-electron chi connectivity index (χ4n) is 2.48. The molecular formula is C16H13Cl2N5O2. The molecule has 0 unspecified atom stereocenters. The Labute approximate surface area is 153 Å². The predicted octanol–water partition coefficient (Wildman–Crippen LogP) is 3.96. The number of hydrogen-bond donors (Lipinski definition) is 1. The van der Waals surface area contributed by atoms with Crippen molar-refractivity contribution in [2.24, 2.45) is 5.73 Å². The Morgan fingerprint density at radius 2 is 1.96 bits per heavy atom. The van der Waals surface area contributed by atoms with Gasteiger partial charge < -0.3 is 15.0 Å². The Bertz CT molecular complexity index is 909. The summed E-state index contributed by atoms with van der Waals surface area (Å²) < 4.78 is 10.8. The topological polar surface area (TPSA) is 100.0 Å². The van der Waals surface area contributed by atoms with Crippen molar-refractivity contribution in [2.75, 3.05) is 0 Å². The summed E-state index contributed by atoms with van der Waals surface area (Å²) in [5.74, 6) is 1.43. The number of nitrogens with zero attached hydrogens (tertiary/aromatic N) is 4. The van der Waals surface area contributed by atoms with E-state index in [9.17, 15) is 0 Å². The van der Waals surface area contributed by atoms with Crippen LogP contribution >= 0.6 is 23.2 Å². The van der Waals surface area contributed by atoms with E-state index in [2.05, 4.69) is 20.3 Å². The van der Waals surface area contributed by atoms with E-state index in [1.165, 1.54) is 0 Å². The predicted molar refractivity (Wildman–Crippen MR) is 91.6 cm³/mol. The van der Waals surface area contributed by atoms with Crippen LogP contribution in [0.5, 0.6) is 11.6 Å². The van der Waals surface area contributed by atoms with E-state index >= 15 is 0 Å². The molecule has 7 nitrogen and oxygen atoms in total. The van der Waals surface area contributed by atoms with Gasteiger partial charge in [0.1, 0.15) is 10.8 Å². The lowest BCUT2D eigenvalue weighted by Crippen LogP contribution is -2.44. The van der Waals surface area contributed by atoms with Crippen LogP contribution in [0.3, 0.4) is 0 Å². The van der Waals surface area contributed by atoms with Crippen molar-refractivity contribution < 1.29 is 9.26 Å². The second-order valence-electron chi connectivity index (χ2n) is 5.84. The van der Waals surface area contributed by atoms with Crippen LogP contribution in [-0.2, 0) is 5.54 Å². The average Bonchev–Trinajstić information content (AvgIpc) is 3.08. The smallest absolute Gasteiger partial charge is 0.278 e. The Balaban J connectivity index is 1.53. The van der Waals surface area contributed by atoms with Gasteiger partial charge in [0.05, 0.1) is 10.6 Å². The molecule has 2 aromatic heterocycles. The first-order chi connectivity index (χ1) is 12.0. The van der Waals surface area contributed by atoms with Crippen molar-refractivity contribution in [2.45, 2.75) is 24.8 Å². The molecule has 1 aromatic carbocycles. The van der Waals surface area contributed by atoms with Crippen molar-refractivity contribution in [3.63, 3.8) is 0 Å². The molecular weight excluding hydrogens is 365 g/mol. The zero-order valence-corrected chi connectivity index (χ0v) is 14.5. The molecule has 25 heavy (non-hydrogen) atoms. The maximum Gasteiger partial charge on any atom is 0.278 e. The monoisotopic (exact) mass is 377 g/mol. The Morgan fingerprint density at radius 3 is 2.64 bits per heavy atom. The zero-order chi connectivity index (χ0) is 17.4. The minimum Gasteiger partial charge on any atom is -0.436 e. The van der Waals surface area contributed by atoms with E-state index in [0.717, 1.165) is 19.3 Å². The molecule has 0 atom stereocenters. The average molecular weight is 378 g/mol. The summed E-state index contributed by atoms with van der Waals surface area (Å²) >= 11 is 12.0. The second-order valence-corrected chi connectivity index (χ2v) is 6.63. The Hall–Kier alpha value is -2.22. The molecule has 1 fully saturated rings. The molecule has 128 valence electrons. The molecule has 0 aliphatic heterocycles. The fraction of sp³-hybridized carbons (Fsp3) is 0.250. The minimum absolute atomic E-state index is 0.266. The molecule has 9 heteroatoms. The third kappa shape index (κ3) is 3.06. The van der Waals surface area contributed by atoms with Crippen LogP contribution < -0.4 is 10.5 Å². The lowest BCUT2D eigenvalue weighted by molar-refractivity contribution is 0.229. The summed E-state index contributed by atoms with van der Waals surface area (Å²) in [6.45, 7) is 0. The van der Waals surface area contributed by atoms with Gasteiger partial charge in [0.15, 0.2) is 11.5 Å². The standard InChI is InChI=1S/C16H13Cl2N5O2/c17-9-3-1-4-11(13(9)18)24-12-6-5-10(21-22-12)14-20-15(23-25-14)16(19)7-2-8-16/h1,3-6H,2,7-8,19H2. The summed E-state index contributed by atoms with van der Waals surface area (Å²) in [4.78, 5) is 4.33. The molecule has 0 bridgehead atoms. The Morgan fingerprint density at radius 1 is 1.12 bits per heavy atom. The molecule has 0 radical (unpaired) electrons. The summed E-state index contributed by atoms with van der Waals surface area (Å²) in [7, 11) is 0. The summed E-state index contributed by atoms with van der Waals surface area (Å²) in [6.07, 6.45) is 2.77. The number of rotatable bonds is 4. The van der Waals surface area contributed by atoms with E-state index < -0.39 is 5.54 Å². The lowest BCUT2D eigenvalue weighted by atomic mass is 9.77. The first kappa shape index (κ1) is 16.3. The van der Waals surface area contributed by atoms with Crippen LogP contribution in [0.15, 0.2) is 34.9 Å². The summed E-state index contributed by atoms with van der Waals surface area (Å²) in [6, 6.07) is 8.39. The van der Waals surface area contributed by atoms with Gasteiger partial charge in [-0.25, -0.2) is 0 Å². The third-order valence-corrected chi connectivity index (χ3v) is 4.91. The highest BCUT2D eigenvalue weighted by molar-refractivity contribution is 6.42. The molecule has 0 spiro atoms. The molecule has 3 aromatic rings. The molecule has 4 rings (SSSR count). The number of benzene rings is 1. The maximum atomic E-state index is 6.19. The highest BCUT2D eigenvalue weighted by atomic mass is 35.5. The van der Waals surface area contributed by atoms with Crippen molar-refractivity contribution >= 4 is 23.2 Å². The van der Waals surface area contributed by atoms with E-state index in [4.69, 9.17) is 38.2 Å². The van der Waals surface area contributed by atoms with Crippen molar-refractivity contribution in [1.82, 2.24) is 20.3 Å². The van der Waals surface area contributed by atoms with Crippen LogP contribution in [-0.4, -0.2) is 20.3 Å². The molecule has 1 aliphatic carbocycles. The van der Waals surface area contributed by atoms with Crippen molar-refractivity contribution in [3.8, 4) is 23.2 Å².